The highest BCUT2D eigenvalue weighted by atomic mass is 35.5. The van der Waals surface area contributed by atoms with Crippen LogP contribution in [0.4, 0.5) is 5.69 Å². The van der Waals surface area contributed by atoms with E-state index in [0.29, 0.717) is 12.3 Å². The number of hydrogen-bond donors (Lipinski definition) is 0. The third-order valence-electron chi connectivity index (χ3n) is 3.13. The monoisotopic (exact) mass is 237 g/mol. The number of rotatable bonds is 3. The smallest absolute Gasteiger partial charge is 0.130 e. The summed E-state index contributed by atoms with van der Waals surface area (Å²) in [5.41, 5.74) is 2.46. The topological polar surface area (TPSA) is 20.3 Å². The lowest BCUT2D eigenvalue weighted by Gasteiger charge is -2.16. The Kier molecular flexibility index (Phi) is 3.20. The van der Waals surface area contributed by atoms with E-state index in [4.69, 9.17) is 11.6 Å². The molecule has 0 amide bonds. The van der Waals surface area contributed by atoms with E-state index in [1.807, 2.05) is 12.1 Å². The van der Waals surface area contributed by atoms with Gasteiger partial charge in [0.25, 0.3) is 0 Å². The van der Waals surface area contributed by atoms with E-state index in [1.54, 1.807) is 6.92 Å². The summed E-state index contributed by atoms with van der Waals surface area (Å²) in [5.74, 6) is 0.556. The first-order chi connectivity index (χ1) is 7.61. The molecule has 16 heavy (non-hydrogen) atoms. The molecule has 2 rings (SSSR count). The normalized spacial score (nSPS) is 18.7. The maximum absolute atomic E-state index is 11.2. The van der Waals surface area contributed by atoms with E-state index in [-0.39, 0.29) is 5.78 Å². The maximum atomic E-state index is 11.2. The van der Waals surface area contributed by atoms with Crippen molar-refractivity contribution in [3.05, 3.63) is 28.8 Å². The molecule has 1 aliphatic rings. The van der Waals surface area contributed by atoms with Gasteiger partial charge in [-0.05, 0) is 37.6 Å². The highest BCUT2D eigenvalue weighted by Gasteiger charge is 2.28. The molecule has 0 aliphatic carbocycles. The fourth-order valence-electron chi connectivity index (χ4n) is 2.42. The number of nitrogens with zero attached hydrogens (tertiary/aromatic N) is 1. The zero-order valence-electron chi connectivity index (χ0n) is 9.66. The highest BCUT2D eigenvalue weighted by Crippen LogP contribution is 2.39. The van der Waals surface area contributed by atoms with Gasteiger partial charge in [-0.15, -0.1) is 0 Å². The van der Waals surface area contributed by atoms with Crippen LogP contribution >= 0.6 is 11.6 Å². The van der Waals surface area contributed by atoms with Gasteiger partial charge in [0.1, 0.15) is 5.78 Å². The summed E-state index contributed by atoms with van der Waals surface area (Å²) in [6.45, 7) is 5.70. The van der Waals surface area contributed by atoms with Crippen LogP contribution in [0.15, 0.2) is 18.2 Å². The summed E-state index contributed by atoms with van der Waals surface area (Å²) < 4.78 is 0. The summed E-state index contributed by atoms with van der Waals surface area (Å²) >= 11 is 6.01. The molecular weight excluding hydrogens is 222 g/mol. The lowest BCUT2D eigenvalue weighted by Crippen LogP contribution is -2.21. The molecule has 3 heteroatoms. The Bertz CT molecular complexity index is 416. The summed E-state index contributed by atoms with van der Waals surface area (Å²) in [6, 6.07) is 5.97. The number of hydrogen-bond acceptors (Lipinski definition) is 2. The number of ketones is 1. The van der Waals surface area contributed by atoms with Crippen LogP contribution in [-0.2, 0) is 4.79 Å². The second-order valence-electron chi connectivity index (χ2n) is 4.34. The van der Waals surface area contributed by atoms with Crippen LogP contribution in [-0.4, -0.2) is 18.9 Å². The summed E-state index contributed by atoms with van der Waals surface area (Å²) in [4.78, 5) is 13.5. The van der Waals surface area contributed by atoms with Gasteiger partial charge in [-0.2, -0.15) is 0 Å². The van der Waals surface area contributed by atoms with Crippen LogP contribution in [0, 0.1) is 0 Å². The summed E-state index contributed by atoms with van der Waals surface area (Å²) in [6.07, 6.45) is 0.615. The van der Waals surface area contributed by atoms with Crippen molar-refractivity contribution in [2.75, 3.05) is 18.0 Å². The molecular formula is C13H16ClNO. The molecule has 86 valence electrons. The number of carbonyl (C=O) groups is 1. The molecule has 0 aromatic heterocycles. The van der Waals surface area contributed by atoms with Gasteiger partial charge in [0.15, 0.2) is 0 Å². The van der Waals surface area contributed by atoms with Gasteiger partial charge in [0.05, 0.1) is 0 Å². The number of likely N-dealkylation sites (N-methyl/N-ethyl adjacent to an activating group) is 1. The predicted molar refractivity (Wildman–Crippen MR) is 67.4 cm³/mol. The van der Waals surface area contributed by atoms with E-state index in [0.717, 1.165) is 18.1 Å². The van der Waals surface area contributed by atoms with Gasteiger partial charge >= 0.3 is 0 Å². The Labute approximate surface area is 101 Å². The van der Waals surface area contributed by atoms with Crippen molar-refractivity contribution < 1.29 is 4.79 Å². The first-order valence-electron chi connectivity index (χ1n) is 5.65. The van der Waals surface area contributed by atoms with E-state index in [2.05, 4.69) is 17.9 Å². The number of anilines is 1. The largest absolute Gasteiger partial charge is 0.371 e. The number of fused-ring (bicyclic) bond motifs is 1. The molecule has 0 spiro atoms. The van der Waals surface area contributed by atoms with Gasteiger partial charge in [-0.25, -0.2) is 0 Å². The van der Waals surface area contributed by atoms with Gasteiger partial charge in [-0.3, -0.25) is 0 Å². The van der Waals surface area contributed by atoms with Crippen molar-refractivity contribution >= 4 is 23.1 Å². The lowest BCUT2D eigenvalue weighted by atomic mass is 9.96. The van der Waals surface area contributed by atoms with Crippen molar-refractivity contribution in [3.8, 4) is 0 Å². The van der Waals surface area contributed by atoms with Crippen LogP contribution in [0.25, 0.3) is 0 Å². The molecule has 0 N–H and O–H groups in total. The molecule has 0 radical (unpaired) electrons. The molecule has 0 saturated carbocycles. The zero-order valence-corrected chi connectivity index (χ0v) is 10.4. The molecule has 2 nitrogen and oxygen atoms in total. The summed E-state index contributed by atoms with van der Waals surface area (Å²) in [5, 5.41) is 0.755. The Hall–Kier alpha value is -1.02. The van der Waals surface area contributed by atoms with E-state index in [9.17, 15) is 4.79 Å². The van der Waals surface area contributed by atoms with Gasteiger partial charge < -0.3 is 9.69 Å². The molecule has 1 aromatic carbocycles. The molecule has 1 unspecified atom stereocenters. The molecule has 1 atom stereocenters. The third-order valence-corrected chi connectivity index (χ3v) is 3.36. The van der Waals surface area contributed by atoms with Crippen LogP contribution in [0.1, 0.15) is 31.7 Å². The van der Waals surface area contributed by atoms with Crippen molar-refractivity contribution in [1.29, 1.82) is 0 Å². The van der Waals surface area contributed by atoms with Crippen LogP contribution in [0.3, 0.4) is 0 Å². The average molecular weight is 238 g/mol. The van der Waals surface area contributed by atoms with Gasteiger partial charge in [0.2, 0.25) is 0 Å². The molecule has 0 bridgehead atoms. The number of Topliss-reactive ketones (excluding diaryl/α,β-unsaturated/α-hetero) is 1. The minimum absolute atomic E-state index is 0.244. The quantitative estimate of drug-likeness (QED) is 0.805. The van der Waals surface area contributed by atoms with E-state index >= 15 is 0 Å². The second-order valence-corrected chi connectivity index (χ2v) is 4.78. The van der Waals surface area contributed by atoms with Crippen LogP contribution < -0.4 is 4.90 Å². The minimum atomic E-state index is 0.244. The number of benzene rings is 1. The second kappa shape index (κ2) is 4.46. The van der Waals surface area contributed by atoms with E-state index in [1.165, 1.54) is 11.3 Å². The van der Waals surface area contributed by atoms with Gasteiger partial charge in [-0.1, -0.05) is 11.6 Å². The Morgan fingerprint density at radius 3 is 2.94 bits per heavy atom. The van der Waals surface area contributed by atoms with Gasteiger partial charge in [0, 0.05) is 36.1 Å². The third kappa shape index (κ3) is 2.07. The number of carbonyl (C=O) groups excluding carboxylic acids is 1. The van der Waals surface area contributed by atoms with Crippen LogP contribution in [0.2, 0.25) is 5.02 Å². The number of halogens is 1. The fraction of sp³-hybridized carbons (Fsp3) is 0.462. The molecule has 1 aliphatic heterocycles. The Balaban J connectivity index is 2.35. The highest BCUT2D eigenvalue weighted by molar-refractivity contribution is 6.30. The average Bonchev–Trinajstić information content (AvgIpc) is 2.55. The molecule has 0 saturated heterocycles. The lowest BCUT2D eigenvalue weighted by molar-refractivity contribution is -0.117. The van der Waals surface area contributed by atoms with Crippen molar-refractivity contribution in [1.82, 2.24) is 0 Å². The van der Waals surface area contributed by atoms with Crippen molar-refractivity contribution in [2.45, 2.75) is 26.2 Å². The fourth-order valence-corrected chi connectivity index (χ4v) is 2.60. The van der Waals surface area contributed by atoms with Crippen molar-refractivity contribution in [3.63, 3.8) is 0 Å². The molecule has 1 heterocycles. The maximum Gasteiger partial charge on any atom is 0.130 e. The Morgan fingerprint density at radius 2 is 2.31 bits per heavy atom. The molecule has 0 fully saturated rings. The first-order valence-corrected chi connectivity index (χ1v) is 6.03. The first kappa shape index (κ1) is 11.5. The Morgan fingerprint density at radius 1 is 1.56 bits per heavy atom. The predicted octanol–water partition coefficient (Wildman–Crippen LogP) is 3.24. The zero-order chi connectivity index (χ0) is 11.7. The standard InChI is InChI=1S/C13H16ClNO/c1-3-15-8-10(6-9(2)16)12-7-11(14)4-5-13(12)15/h4-5,7,10H,3,6,8H2,1-2H3. The SMILES string of the molecule is CCN1CC(CC(C)=O)c2cc(Cl)ccc21. The van der Waals surface area contributed by atoms with Crippen molar-refractivity contribution in [2.24, 2.45) is 0 Å². The minimum Gasteiger partial charge on any atom is -0.371 e. The van der Waals surface area contributed by atoms with Crippen LogP contribution in [0.5, 0.6) is 0 Å². The summed E-state index contributed by atoms with van der Waals surface area (Å²) in [7, 11) is 0. The van der Waals surface area contributed by atoms with E-state index < -0.39 is 0 Å². The molecule has 1 aromatic rings.